The molecule has 6 rings (SSSR count). The fourth-order valence-electron chi connectivity index (χ4n) is 7.52. The maximum Gasteiger partial charge on any atom is 0.240 e. The lowest BCUT2D eigenvalue weighted by atomic mass is 9.51. The molecule has 7 unspecified atom stereocenters. The number of hydrogen-bond donors (Lipinski definition) is 1. The van der Waals surface area contributed by atoms with Gasteiger partial charge in [-0.05, 0) is 24.0 Å². The van der Waals surface area contributed by atoms with E-state index in [4.69, 9.17) is 4.74 Å². The molecule has 1 aromatic carbocycles. The normalized spacial score (nSPS) is 47.0. The molecule has 1 amide bonds. The van der Waals surface area contributed by atoms with Crippen LogP contribution in [0.3, 0.4) is 0 Å². The number of likely N-dealkylation sites (N-methyl/N-ethyl adjacent to an activating group) is 1. The van der Waals surface area contributed by atoms with Gasteiger partial charge in [0.05, 0.1) is 19.3 Å². The molecular weight excluding hydrogens is 330 g/mol. The number of fused-ring (bicyclic) bond motifs is 5. The number of para-hydroxylation sites is 1. The van der Waals surface area contributed by atoms with Gasteiger partial charge in [-0.15, -0.1) is 0 Å². The molecule has 5 aliphatic rings. The first kappa shape index (κ1) is 15.0. The van der Waals surface area contributed by atoms with Crippen LogP contribution in [-0.2, 0) is 14.9 Å². The summed E-state index contributed by atoms with van der Waals surface area (Å²) in [5.41, 5.74) is 0.780. The van der Waals surface area contributed by atoms with Crippen LogP contribution >= 0.6 is 0 Å². The number of carbonyl (C=O) groups is 1. The van der Waals surface area contributed by atoms with Crippen molar-refractivity contribution in [3.05, 3.63) is 29.8 Å². The first-order valence-corrected chi connectivity index (χ1v) is 9.37. The van der Waals surface area contributed by atoms with E-state index in [1.807, 2.05) is 36.2 Å². The molecule has 1 spiro atoms. The van der Waals surface area contributed by atoms with Crippen molar-refractivity contribution in [2.75, 3.05) is 31.7 Å². The van der Waals surface area contributed by atoms with Crippen molar-refractivity contribution in [1.82, 2.24) is 4.90 Å². The highest BCUT2D eigenvalue weighted by atomic mass is 16.5. The Morgan fingerprint density at radius 3 is 3.00 bits per heavy atom. The number of nitrogens with zero attached hydrogens (tertiary/aromatic N) is 3. The lowest BCUT2D eigenvalue weighted by molar-refractivity contribution is -0.168. The molecule has 7 atom stereocenters. The van der Waals surface area contributed by atoms with Crippen LogP contribution in [0.1, 0.15) is 12.0 Å². The SMILES string of the molecule is CN1C(=O)C2(c3ccccc31)C1CC3C(CO1)C1C2C3(CO)CN1C#N. The predicted octanol–water partition coefficient (Wildman–Crippen LogP) is 0.709. The summed E-state index contributed by atoms with van der Waals surface area (Å²) in [5, 5.41) is 20.3. The molecule has 3 heterocycles. The van der Waals surface area contributed by atoms with E-state index in [-0.39, 0.29) is 41.9 Å². The minimum Gasteiger partial charge on any atom is -0.396 e. The molecule has 6 heteroatoms. The van der Waals surface area contributed by atoms with E-state index in [2.05, 4.69) is 6.19 Å². The smallest absolute Gasteiger partial charge is 0.240 e. The number of piperidine rings is 1. The minimum absolute atomic E-state index is 0.0202. The Kier molecular flexibility index (Phi) is 2.55. The second-order valence-electron chi connectivity index (χ2n) is 8.67. The van der Waals surface area contributed by atoms with E-state index in [0.29, 0.717) is 19.1 Å². The highest BCUT2D eigenvalue weighted by molar-refractivity contribution is 6.09. The van der Waals surface area contributed by atoms with Crippen molar-refractivity contribution in [3.63, 3.8) is 0 Å². The van der Waals surface area contributed by atoms with Gasteiger partial charge in [-0.1, -0.05) is 18.2 Å². The lowest BCUT2D eigenvalue weighted by Crippen LogP contribution is -2.64. The van der Waals surface area contributed by atoms with E-state index in [1.165, 1.54) is 0 Å². The lowest BCUT2D eigenvalue weighted by Gasteiger charge is -2.54. The molecule has 4 fully saturated rings. The van der Waals surface area contributed by atoms with Gasteiger partial charge in [0.2, 0.25) is 5.91 Å². The van der Waals surface area contributed by atoms with Crippen LogP contribution in [0, 0.1) is 34.6 Å². The minimum atomic E-state index is -0.786. The number of aliphatic hydroxyl groups is 1. The molecule has 6 nitrogen and oxygen atoms in total. The topological polar surface area (TPSA) is 76.8 Å². The summed E-state index contributed by atoms with van der Waals surface area (Å²) >= 11 is 0. The van der Waals surface area contributed by atoms with E-state index in [1.54, 1.807) is 4.90 Å². The molecule has 0 radical (unpaired) electrons. The summed E-state index contributed by atoms with van der Waals surface area (Å²) in [6, 6.07) is 7.96. The van der Waals surface area contributed by atoms with Gasteiger partial charge in [-0.3, -0.25) is 4.79 Å². The largest absolute Gasteiger partial charge is 0.396 e. The molecular formula is C20H21N3O3. The second-order valence-corrected chi connectivity index (χ2v) is 8.67. The molecule has 26 heavy (non-hydrogen) atoms. The average molecular weight is 351 g/mol. The molecule has 134 valence electrons. The zero-order chi connectivity index (χ0) is 17.8. The van der Waals surface area contributed by atoms with Crippen LogP contribution in [0.4, 0.5) is 5.69 Å². The Hall–Kier alpha value is -2.10. The Morgan fingerprint density at radius 2 is 2.23 bits per heavy atom. The predicted molar refractivity (Wildman–Crippen MR) is 92.0 cm³/mol. The summed E-state index contributed by atoms with van der Waals surface area (Å²) in [7, 11) is 1.83. The summed E-state index contributed by atoms with van der Waals surface area (Å²) in [6.07, 6.45) is 2.97. The Balaban J connectivity index is 1.68. The number of carbonyl (C=O) groups excluding carboxylic acids is 1. The Labute approximate surface area is 151 Å². The summed E-state index contributed by atoms with van der Waals surface area (Å²) in [5.74, 6) is 0.552. The van der Waals surface area contributed by atoms with Gasteiger partial charge in [0.25, 0.3) is 0 Å². The number of anilines is 1. The molecule has 1 N–H and O–H groups in total. The van der Waals surface area contributed by atoms with Crippen molar-refractivity contribution in [1.29, 1.82) is 5.26 Å². The monoisotopic (exact) mass is 351 g/mol. The van der Waals surface area contributed by atoms with Gasteiger partial charge in [-0.25, -0.2) is 0 Å². The third-order valence-electron chi connectivity index (χ3n) is 8.23. The van der Waals surface area contributed by atoms with Crippen LogP contribution < -0.4 is 4.90 Å². The fourth-order valence-corrected chi connectivity index (χ4v) is 7.52. The van der Waals surface area contributed by atoms with E-state index < -0.39 is 5.41 Å². The number of likely N-dealkylation sites (tertiary alicyclic amines) is 1. The van der Waals surface area contributed by atoms with E-state index in [0.717, 1.165) is 17.7 Å². The summed E-state index contributed by atoms with van der Waals surface area (Å²) < 4.78 is 6.29. The third-order valence-corrected chi connectivity index (χ3v) is 8.23. The fraction of sp³-hybridized carbons (Fsp3) is 0.600. The zero-order valence-corrected chi connectivity index (χ0v) is 14.6. The van der Waals surface area contributed by atoms with Crippen LogP contribution in [0.2, 0.25) is 0 Å². The van der Waals surface area contributed by atoms with Gasteiger partial charge in [0.15, 0.2) is 6.19 Å². The Bertz CT molecular complexity index is 881. The second kappa shape index (κ2) is 4.41. The van der Waals surface area contributed by atoms with Gasteiger partial charge < -0.3 is 19.6 Å². The third kappa shape index (κ3) is 1.24. The van der Waals surface area contributed by atoms with Crippen molar-refractivity contribution in [2.24, 2.45) is 23.2 Å². The highest BCUT2D eigenvalue weighted by Gasteiger charge is 2.81. The molecule has 5 bridgehead atoms. The average Bonchev–Trinajstić information content (AvgIpc) is 3.17. The molecule has 2 saturated carbocycles. The highest BCUT2D eigenvalue weighted by Crippen LogP contribution is 2.73. The van der Waals surface area contributed by atoms with Crippen LogP contribution in [0.5, 0.6) is 0 Å². The number of nitriles is 1. The van der Waals surface area contributed by atoms with E-state index >= 15 is 0 Å². The van der Waals surface area contributed by atoms with Crippen molar-refractivity contribution in [3.8, 4) is 6.19 Å². The first-order chi connectivity index (χ1) is 12.6. The molecule has 2 saturated heterocycles. The number of rotatable bonds is 1. The van der Waals surface area contributed by atoms with Crippen molar-refractivity contribution < 1.29 is 14.6 Å². The number of amides is 1. The maximum atomic E-state index is 13.7. The first-order valence-electron chi connectivity index (χ1n) is 9.37. The number of aliphatic hydroxyl groups excluding tert-OH is 1. The number of ether oxygens (including phenoxy) is 1. The molecule has 1 aromatic rings. The number of benzene rings is 1. The van der Waals surface area contributed by atoms with Gasteiger partial charge >= 0.3 is 0 Å². The molecule has 3 aliphatic heterocycles. The molecule has 0 aromatic heterocycles. The summed E-state index contributed by atoms with van der Waals surface area (Å²) in [4.78, 5) is 17.3. The summed E-state index contributed by atoms with van der Waals surface area (Å²) in [6.45, 7) is 1.17. The quantitative estimate of drug-likeness (QED) is 0.754. The molecule has 2 aliphatic carbocycles. The van der Waals surface area contributed by atoms with Gasteiger partial charge in [-0.2, -0.15) is 5.26 Å². The van der Waals surface area contributed by atoms with Crippen LogP contribution in [-0.4, -0.2) is 54.9 Å². The van der Waals surface area contributed by atoms with Crippen molar-refractivity contribution >= 4 is 11.6 Å². The van der Waals surface area contributed by atoms with Gasteiger partial charge in [0, 0.05) is 42.6 Å². The number of hydrogen-bond acceptors (Lipinski definition) is 5. The van der Waals surface area contributed by atoms with Crippen LogP contribution in [0.15, 0.2) is 24.3 Å². The van der Waals surface area contributed by atoms with Crippen LogP contribution in [0.25, 0.3) is 0 Å². The zero-order valence-electron chi connectivity index (χ0n) is 14.6. The van der Waals surface area contributed by atoms with E-state index in [9.17, 15) is 15.2 Å². The standard InChI is InChI=1S/C20H21N3O3/c1-22-14-5-3-2-4-12(14)20(18(22)25)15-6-13-11(7-26-15)16-17(20)19(13,9-24)8-23(16)10-21/h2-5,11,13,15-17,24H,6-9H2,1H3. The van der Waals surface area contributed by atoms with Gasteiger partial charge in [0.1, 0.15) is 5.41 Å². The Morgan fingerprint density at radius 1 is 1.42 bits per heavy atom. The van der Waals surface area contributed by atoms with Crippen molar-refractivity contribution in [2.45, 2.75) is 24.0 Å². The maximum absolute atomic E-state index is 13.7.